The van der Waals surface area contributed by atoms with Crippen LogP contribution in [0.15, 0.2) is 18.2 Å². The Hall–Kier alpha value is -1.02. The lowest BCUT2D eigenvalue weighted by Gasteiger charge is -2.36. The van der Waals surface area contributed by atoms with Crippen LogP contribution in [0, 0.1) is 6.92 Å². The van der Waals surface area contributed by atoms with Gasteiger partial charge >= 0.3 is 0 Å². The Morgan fingerprint density at radius 1 is 1.23 bits per heavy atom. The van der Waals surface area contributed by atoms with Crippen LogP contribution >= 0.6 is 0 Å². The lowest BCUT2D eigenvalue weighted by Crippen LogP contribution is -2.42. The molecule has 1 aliphatic heterocycles. The van der Waals surface area contributed by atoms with E-state index in [1.807, 2.05) is 0 Å². The summed E-state index contributed by atoms with van der Waals surface area (Å²) >= 11 is 0. The standard InChI is InChI=1S/C11H16N2/c1-9-5-4-6-11-10(9)7-8-12(2)13(11)3/h4-6H,7-8H2,1-3H3. The van der Waals surface area contributed by atoms with Crippen molar-refractivity contribution in [2.75, 3.05) is 25.6 Å². The topological polar surface area (TPSA) is 6.48 Å². The van der Waals surface area contributed by atoms with Gasteiger partial charge in [-0.2, -0.15) is 0 Å². The number of likely N-dealkylation sites (N-methyl/N-ethyl adjacent to an activating group) is 1. The molecule has 2 nitrogen and oxygen atoms in total. The van der Waals surface area contributed by atoms with Crippen molar-refractivity contribution in [1.82, 2.24) is 5.01 Å². The summed E-state index contributed by atoms with van der Waals surface area (Å²) in [6.07, 6.45) is 1.17. The van der Waals surface area contributed by atoms with Crippen LogP contribution in [0.25, 0.3) is 0 Å². The summed E-state index contributed by atoms with van der Waals surface area (Å²) in [7, 11) is 4.25. The summed E-state index contributed by atoms with van der Waals surface area (Å²) in [5.74, 6) is 0. The molecule has 1 heterocycles. The van der Waals surface area contributed by atoms with Crippen LogP contribution in [-0.4, -0.2) is 25.6 Å². The summed E-state index contributed by atoms with van der Waals surface area (Å²) in [5.41, 5.74) is 4.27. The number of hydrogen-bond donors (Lipinski definition) is 0. The maximum Gasteiger partial charge on any atom is 0.0553 e. The summed E-state index contributed by atoms with van der Waals surface area (Å²) in [5, 5.41) is 4.48. The maximum absolute atomic E-state index is 2.25. The quantitative estimate of drug-likeness (QED) is 0.595. The predicted octanol–water partition coefficient (Wildman–Crippen LogP) is 1.83. The van der Waals surface area contributed by atoms with E-state index in [2.05, 4.69) is 49.2 Å². The second kappa shape index (κ2) is 3.04. The average molecular weight is 176 g/mol. The molecule has 2 rings (SSSR count). The summed E-state index contributed by atoms with van der Waals surface area (Å²) in [4.78, 5) is 0. The van der Waals surface area contributed by atoms with E-state index >= 15 is 0 Å². The molecule has 0 unspecified atom stereocenters. The molecule has 0 amide bonds. The molecule has 1 aromatic rings. The molecule has 0 aliphatic carbocycles. The molecule has 0 fully saturated rings. The molecule has 0 saturated carbocycles. The largest absolute Gasteiger partial charge is 0.309 e. The van der Waals surface area contributed by atoms with Gasteiger partial charge in [0.2, 0.25) is 0 Å². The third kappa shape index (κ3) is 1.31. The molecule has 0 bridgehead atoms. The minimum Gasteiger partial charge on any atom is -0.309 e. The lowest BCUT2D eigenvalue weighted by molar-refractivity contribution is 0.313. The van der Waals surface area contributed by atoms with Gasteiger partial charge in [-0.25, -0.2) is 5.01 Å². The average Bonchev–Trinajstić information content (AvgIpc) is 2.12. The Morgan fingerprint density at radius 3 is 2.77 bits per heavy atom. The molecule has 0 spiro atoms. The smallest absolute Gasteiger partial charge is 0.0553 e. The number of rotatable bonds is 0. The minimum atomic E-state index is 1.12. The fourth-order valence-electron chi connectivity index (χ4n) is 1.92. The monoisotopic (exact) mass is 176 g/mol. The lowest BCUT2D eigenvalue weighted by atomic mass is 10.0. The van der Waals surface area contributed by atoms with Gasteiger partial charge in [-0.3, -0.25) is 0 Å². The van der Waals surface area contributed by atoms with Crippen molar-refractivity contribution in [3.05, 3.63) is 29.3 Å². The molecule has 0 saturated heterocycles. The molecule has 0 N–H and O–H groups in total. The second-order valence-electron chi connectivity index (χ2n) is 3.73. The minimum absolute atomic E-state index is 1.12. The highest BCUT2D eigenvalue weighted by Gasteiger charge is 2.18. The van der Waals surface area contributed by atoms with E-state index in [-0.39, 0.29) is 0 Å². The van der Waals surface area contributed by atoms with Gasteiger partial charge in [0.25, 0.3) is 0 Å². The van der Waals surface area contributed by atoms with Crippen LogP contribution < -0.4 is 5.01 Å². The van der Waals surface area contributed by atoms with Crippen molar-refractivity contribution < 1.29 is 0 Å². The zero-order valence-electron chi connectivity index (χ0n) is 8.54. The molecule has 2 heteroatoms. The molecule has 13 heavy (non-hydrogen) atoms. The first-order chi connectivity index (χ1) is 6.20. The van der Waals surface area contributed by atoms with Crippen molar-refractivity contribution in [2.24, 2.45) is 0 Å². The number of benzene rings is 1. The van der Waals surface area contributed by atoms with Crippen molar-refractivity contribution in [1.29, 1.82) is 0 Å². The van der Waals surface area contributed by atoms with Gasteiger partial charge < -0.3 is 5.01 Å². The molecule has 1 aliphatic rings. The third-order valence-electron chi connectivity index (χ3n) is 2.93. The molecular weight excluding hydrogens is 160 g/mol. The second-order valence-corrected chi connectivity index (χ2v) is 3.73. The van der Waals surface area contributed by atoms with Crippen LogP contribution in [0.4, 0.5) is 5.69 Å². The van der Waals surface area contributed by atoms with Gasteiger partial charge in [-0.1, -0.05) is 12.1 Å². The van der Waals surface area contributed by atoms with Gasteiger partial charge in [0, 0.05) is 20.6 Å². The number of nitrogens with zero attached hydrogens (tertiary/aromatic N) is 2. The maximum atomic E-state index is 2.25. The highest BCUT2D eigenvalue weighted by Crippen LogP contribution is 2.27. The SMILES string of the molecule is Cc1cccc2c1CCN(C)N2C. The van der Waals surface area contributed by atoms with E-state index in [0.29, 0.717) is 0 Å². The van der Waals surface area contributed by atoms with Crippen LogP contribution in [0.1, 0.15) is 11.1 Å². The Bertz CT molecular complexity index is 320. The first-order valence-corrected chi connectivity index (χ1v) is 4.73. The van der Waals surface area contributed by atoms with Crippen molar-refractivity contribution in [3.8, 4) is 0 Å². The third-order valence-corrected chi connectivity index (χ3v) is 2.93. The molecule has 0 radical (unpaired) electrons. The summed E-state index contributed by atoms with van der Waals surface area (Å²) in [6.45, 7) is 3.31. The Morgan fingerprint density at radius 2 is 2.00 bits per heavy atom. The molecule has 1 aromatic carbocycles. The number of anilines is 1. The summed E-state index contributed by atoms with van der Waals surface area (Å²) < 4.78 is 0. The van der Waals surface area contributed by atoms with Crippen LogP contribution in [0.3, 0.4) is 0 Å². The molecule has 0 atom stereocenters. The zero-order valence-corrected chi connectivity index (χ0v) is 8.54. The van der Waals surface area contributed by atoms with Gasteiger partial charge in [0.05, 0.1) is 5.69 Å². The van der Waals surface area contributed by atoms with Crippen molar-refractivity contribution in [2.45, 2.75) is 13.3 Å². The Kier molecular flexibility index (Phi) is 2.00. The fraction of sp³-hybridized carbons (Fsp3) is 0.455. The molecule has 0 aromatic heterocycles. The highest BCUT2D eigenvalue weighted by molar-refractivity contribution is 5.56. The van der Waals surface area contributed by atoms with E-state index in [9.17, 15) is 0 Å². The fourth-order valence-corrected chi connectivity index (χ4v) is 1.92. The molecular formula is C11H16N2. The van der Waals surface area contributed by atoms with E-state index in [4.69, 9.17) is 0 Å². The highest BCUT2D eigenvalue weighted by atomic mass is 15.6. The van der Waals surface area contributed by atoms with Crippen molar-refractivity contribution >= 4 is 5.69 Å². The Balaban J connectivity index is 2.49. The van der Waals surface area contributed by atoms with Crippen LogP contribution in [0.2, 0.25) is 0 Å². The molecule has 70 valence electrons. The normalized spacial score (nSPS) is 17.3. The van der Waals surface area contributed by atoms with Crippen LogP contribution in [-0.2, 0) is 6.42 Å². The first-order valence-electron chi connectivity index (χ1n) is 4.73. The van der Waals surface area contributed by atoms with E-state index in [1.54, 1.807) is 0 Å². The Labute approximate surface area is 79.7 Å². The van der Waals surface area contributed by atoms with Crippen molar-refractivity contribution in [3.63, 3.8) is 0 Å². The number of hydrazine groups is 1. The van der Waals surface area contributed by atoms with Crippen LogP contribution in [0.5, 0.6) is 0 Å². The number of aryl methyl sites for hydroxylation is 1. The number of hydrogen-bond acceptors (Lipinski definition) is 2. The first kappa shape index (κ1) is 8.57. The predicted molar refractivity (Wildman–Crippen MR) is 55.9 cm³/mol. The zero-order chi connectivity index (χ0) is 9.42. The van der Waals surface area contributed by atoms with E-state index in [1.165, 1.54) is 23.2 Å². The summed E-state index contributed by atoms with van der Waals surface area (Å²) in [6, 6.07) is 6.51. The van der Waals surface area contributed by atoms with E-state index < -0.39 is 0 Å². The van der Waals surface area contributed by atoms with Gasteiger partial charge in [0.15, 0.2) is 0 Å². The van der Waals surface area contributed by atoms with Gasteiger partial charge in [-0.05, 0) is 30.5 Å². The van der Waals surface area contributed by atoms with Gasteiger partial charge in [0.1, 0.15) is 0 Å². The van der Waals surface area contributed by atoms with E-state index in [0.717, 1.165) is 6.54 Å². The van der Waals surface area contributed by atoms with Gasteiger partial charge in [-0.15, -0.1) is 0 Å². The number of fused-ring (bicyclic) bond motifs is 1.